The summed E-state index contributed by atoms with van der Waals surface area (Å²) >= 11 is 3.31. The summed E-state index contributed by atoms with van der Waals surface area (Å²) in [6, 6.07) is 3.72. The zero-order chi connectivity index (χ0) is 11.5. The van der Waals surface area contributed by atoms with E-state index >= 15 is 0 Å². The van der Waals surface area contributed by atoms with Crippen LogP contribution in [0.5, 0.6) is 5.88 Å². The molecule has 4 nitrogen and oxygen atoms in total. The lowest BCUT2D eigenvalue weighted by Gasteiger charge is -2.35. The van der Waals surface area contributed by atoms with Crippen LogP contribution in [0.15, 0.2) is 22.8 Å². The van der Waals surface area contributed by atoms with Crippen molar-refractivity contribution in [3.8, 4) is 5.88 Å². The smallest absolute Gasteiger partial charge is 0.213 e. The third-order valence-corrected chi connectivity index (χ3v) is 2.90. The van der Waals surface area contributed by atoms with Crippen molar-refractivity contribution in [1.29, 1.82) is 0 Å². The van der Waals surface area contributed by atoms with E-state index in [-0.39, 0.29) is 12.2 Å². The highest BCUT2D eigenvalue weighted by Crippen LogP contribution is 2.28. The van der Waals surface area contributed by atoms with Gasteiger partial charge in [0, 0.05) is 29.6 Å². The van der Waals surface area contributed by atoms with Crippen LogP contribution in [0.1, 0.15) is 19.8 Å². The second-order valence-corrected chi connectivity index (χ2v) is 4.80. The first kappa shape index (κ1) is 11.8. The number of nitrogens with zero attached hydrogens (tertiary/aromatic N) is 1. The molecule has 0 aliphatic heterocycles. The molecule has 0 bridgehead atoms. The Morgan fingerprint density at radius 1 is 1.44 bits per heavy atom. The highest BCUT2D eigenvalue weighted by Gasteiger charge is 2.32. The minimum Gasteiger partial charge on any atom is -0.474 e. The van der Waals surface area contributed by atoms with Gasteiger partial charge in [-0.1, -0.05) is 0 Å². The number of hydrogen-bond donors (Lipinski definition) is 1. The van der Waals surface area contributed by atoms with Crippen LogP contribution in [0.2, 0.25) is 0 Å². The van der Waals surface area contributed by atoms with Crippen LogP contribution < -0.4 is 4.74 Å². The second-order valence-electron chi connectivity index (χ2n) is 3.88. The molecule has 0 amide bonds. The van der Waals surface area contributed by atoms with E-state index in [2.05, 4.69) is 20.9 Å². The van der Waals surface area contributed by atoms with Crippen LogP contribution in [0.3, 0.4) is 0 Å². The molecule has 1 N–H and O–H groups in total. The van der Waals surface area contributed by atoms with E-state index in [1.54, 1.807) is 13.1 Å². The molecular weight excluding hydrogens is 274 g/mol. The molecule has 1 aliphatic carbocycles. The van der Waals surface area contributed by atoms with Gasteiger partial charge in [0.1, 0.15) is 6.10 Å². The Morgan fingerprint density at radius 3 is 2.75 bits per heavy atom. The van der Waals surface area contributed by atoms with E-state index in [0.717, 1.165) is 17.3 Å². The zero-order valence-corrected chi connectivity index (χ0v) is 10.6. The Bertz CT molecular complexity index is 336. The summed E-state index contributed by atoms with van der Waals surface area (Å²) in [5.74, 6) is 0.628. The molecule has 0 saturated heterocycles. The first-order valence-electron chi connectivity index (χ1n) is 5.25. The fraction of sp³-hybridized carbons (Fsp3) is 0.545. The van der Waals surface area contributed by atoms with Crippen molar-refractivity contribution in [1.82, 2.24) is 4.98 Å². The van der Waals surface area contributed by atoms with Crippen LogP contribution in [0.4, 0.5) is 0 Å². The SMILES string of the molecule is CC(O)OC1CC(Oc2ccc(Br)cn2)C1. The summed E-state index contributed by atoms with van der Waals surface area (Å²) in [6.45, 7) is 1.62. The Balaban J connectivity index is 1.75. The predicted molar refractivity (Wildman–Crippen MR) is 62.1 cm³/mol. The van der Waals surface area contributed by atoms with E-state index < -0.39 is 6.29 Å². The van der Waals surface area contributed by atoms with Crippen LogP contribution in [0, 0.1) is 0 Å². The number of pyridine rings is 1. The van der Waals surface area contributed by atoms with E-state index in [1.165, 1.54) is 0 Å². The number of aliphatic hydroxyl groups excluding tert-OH is 1. The van der Waals surface area contributed by atoms with Crippen molar-refractivity contribution < 1.29 is 14.6 Å². The van der Waals surface area contributed by atoms with E-state index in [4.69, 9.17) is 14.6 Å². The fourth-order valence-corrected chi connectivity index (χ4v) is 1.84. The van der Waals surface area contributed by atoms with Gasteiger partial charge in [0.15, 0.2) is 6.29 Å². The molecule has 0 radical (unpaired) electrons. The van der Waals surface area contributed by atoms with Crippen LogP contribution >= 0.6 is 15.9 Å². The van der Waals surface area contributed by atoms with Crippen molar-refractivity contribution >= 4 is 15.9 Å². The van der Waals surface area contributed by atoms with Gasteiger partial charge in [-0.25, -0.2) is 4.98 Å². The van der Waals surface area contributed by atoms with Crippen molar-refractivity contribution in [2.24, 2.45) is 0 Å². The number of hydrogen-bond acceptors (Lipinski definition) is 4. The first-order valence-corrected chi connectivity index (χ1v) is 6.04. The summed E-state index contributed by atoms with van der Waals surface area (Å²) in [4.78, 5) is 4.13. The minimum absolute atomic E-state index is 0.112. The molecular formula is C11H14BrNO3. The zero-order valence-electron chi connectivity index (χ0n) is 8.97. The van der Waals surface area contributed by atoms with Crippen molar-refractivity contribution in [3.63, 3.8) is 0 Å². The topological polar surface area (TPSA) is 51.6 Å². The lowest BCUT2D eigenvalue weighted by atomic mass is 9.92. The molecule has 16 heavy (non-hydrogen) atoms. The molecule has 1 aromatic rings. The van der Waals surface area contributed by atoms with Gasteiger partial charge >= 0.3 is 0 Å². The highest BCUT2D eigenvalue weighted by molar-refractivity contribution is 9.10. The monoisotopic (exact) mass is 287 g/mol. The van der Waals surface area contributed by atoms with Gasteiger partial charge in [-0.15, -0.1) is 0 Å². The maximum atomic E-state index is 9.01. The Morgan fingerprint density at radius 2 is 2.19 bits per heavy atom. The lowest BCUT2D eigenvalue weighted by molar-refractivity contribution is -0.166. The number of rotatable bonds is 4. The fourth-order valence-electron chi connectivity index (χ4n) is 1.61. The number of aromatic nitrogens is 1. The van der Waals surface area contributed by atoms with Crippen molar-refractivity contribution in [2.75, 3.05) is 0 Å². The third-order valence-electron chi connectivity index (χ3n) is 2.43. The van der Waals surface area contributed by atoms with Gasteiger partial charge in [0.2, 0.25) is 5.88 Å². The summed E-state index contributed by atoms with van der Waals surface area (Å²) in [5.41, 5.74) is 0. The summed E-state index contributed by atoms with van der Waals surface area (Å²) in [5, 5.41) is 9.01. The molecule has 1 atom stereocenters. The number of halogens is 1. The Kier molecular flexibility index (Phi) is 3.78. The predicted octanol–water partition coefficient (Wildman–Crippen LogP) is 2.11. The highest BCUT2D eigenvalue weighted by atomic mass is 79.9. The van der Waals surface area contributed by atoms with Crippen molar-refractivity contribution in [3.05, 3.63) is 22.8 Å². The summed E-state index contributed by atoms with van der Waals surface area (Å²) < 4.78 is 11.8. The second kappa shape index (κ2) is 5.12. The molecule has 1 aliphatic rings. The Hall–Kier alpha value is -0.650. The van der Waals surface area contributed by atoms with Gasteiger partial charge in [-0.3, -0.25) is 0 Å². The largest absolute Gasteiger partial charge is 0.474 e. The summed E-state index contributed by atoms with van der Waals surface area (Å²) in [6.07, 6.45) is 2.89. The van der Waals surface area contributed by atoms with Crippen LogP contribution in [0.25, 0.3) is 0 Å². The molecule has 2 rings (SSSR count). The first-order chi connectivity index (χ1) is 7.63. The molecule has 1 saturated carbocycles. The van der Waals surface area contributed by atoms with Gasteiger partial charge < -0.3 is 14.6 Å². The van der Waals surface area contributed by atoms with E-state index in [0.29, 0.717) is 5.88 Å². The van der Waals surface area contributed by atoms with Gasteiger partial charge in [0.25, 0.3) is 0 Å². The van der Waals surface area contributed by atoms with Gasteiger partial charge in [-0.2, -0.15) is 0 Å². The number of ether oxygens (including phenoxy) is 2. The molecule has 88 valence electrons. The molecule has 1 fully saturated rings. The number of aliphatic hydroxyl groups is 1. The standard InChI is InChI=1S/C11H14BrNO3/c1-7(14)15-9-4-10(5-9)16-11-3-2-8(12)6-13-11/h2-3,6-7,9-10,14H,4-5H2,1H3. The van der Waals surface area contributed by atoms with Crippen LogP contribution in [-0.4, -0.2) is 28.6 Å². The maximum Gasteiger partial charge on any atom is 0.213 e. The average molecular weight is 288 g/mol. The Labute approximate surface area is 103 Å². The lowest BCUT2D eigenvalue weighted by Crippen LogP contribution is -2.41. The third kappa shape index (κ3) is 3.17. The average Bonchev–Trinajstić information content (AvgIpc) is 2.17. The normalized spacial score (nSPS) is 25.9. The van der Waals surface area contributed by atoms with Crippen molar-refractivity contribution in [2.45, 2.75) is 38.3 Å². The van der Waals surface area contributed by atoms with E-state index in [1.807, 2.05) is 12.1 Å². The maximum absolute atomic E-state index is 9.01. The van der Waals surface area contributed by atoms with Gasteiger partial charge in [-0.05, 0) is 28.9 Å². The molecule has 1 aromatic heterocycles. The molecule has 0 aromatic carbocycles. The quantitative estimate of drug-likeness (QED) is 0.862. The van der Waals surface area contributed by atoms with E-state index in [9.17, 15) is 0 Å². The minimum atomic E-state index is -0.697. The summed E-state index contributed by atoms with van der Waals surface area (Å²) in [7, 11) is 0. The molecule has 5 heteroatoms. The molecule has 1 heterocycles. The molecule has 0 spiro atoms. The van der Waals surface area contributed by atoms with Crippen LogP contribution in [-0.2, 0) is 4.74 Å². The molecule has 1 unspecified atom stereocenters. The van der Waals surface area contributed by atoms with Gasteiger partial charge in [0.05, 0.1) is 6.10 Å².